The zero-order chi connectivity index (χ0) is 20.2. The van der Waals surface area contributed by atoms with E-state index in [2.05, 4.69) is 27.1 Å². The van der Waals surface area contributed by atoms with E-state index in [1.807, 2.05) is 6.33 Å². The zero-order valence-electron chi connectivity index (χ0n) is 15.7. The number of amides is 1. The van der Waals surface area contributed by atoms with Crippen LogP contribution in [0, 0.1) is 23.1 Å². The second-order valence-corrected chi connectivity index (χ2v) is 9.07. The number of rotatable bonds is 6. The number of carbonyl (C=O) groups excluding carboxylic acids is 1. The van der Waals surface area contributed by atoms with Gasteiger partial charge in [-0.1, -0.05) is 11.6 Å². The molecule has 8 heteroatoms. The molecule has 0 atom stereocenters. The average molecular weight is 415 g/mol. The lowest BCUT2D eigenvalue weighted by Crippen LogP contribution is -2.77. The number of hydrogen-bond donors (Lipinski definition) is 1. The Morgan fingerprint density at radius 2 is 2.17 bits per heavy atom. The molecule has 0 spiro atoms. The highest BCUT2D eigenvalue weighted by atomic mass is 35.5. The molecule has 29 heavy (non-hydrogen) atoms. The number of hydrogen-bond acceptors (Lipinski definition) is 4. The van der Waals surface area contributed by atoms with Crippen molar-refractivity contribution in [2.45, 2.75) is 49.1 Å². The van der Waals surface area contributed by atoms with Crippen molar-refractivity contribution in [2.75, 3.05) is 6.61 Å². The summed E-state index contributed by atoms with van der Waals surface area (Å²) < 4.78 is 20.9. The Bertz CT molecular complexity index is 1000. The Hall–Kier alpha value is -2.59. The van der Waals surface area contributed by atoms with Crippen LogP contribution in [0.2, 0.25) is 5.02 Å². The second kappa shape index (κ2) is 6.46. The number of aromatic nitrogens is 2. The number of nitrogens with zero attached hydrogens (tertiary/aromatic N) is 3. The summed E-state index contributed by atoms with van der Waals surface area (Å²) in [5.74, 6) is -0.339. The molecule has 1 aromatic carbocycles. The van der Waals surface area contributed by atoms with Gasteiger partial charge in [0.25, 0.3) is 5.91 Å². The molecule has 0 saturated heterocycles. The zero-order valence-corrected chi connectivity index (χ0v) is 16.5. The Balaban J connectivity index is 1.12. The topological polar surface area (TPSA) is 79.9 Å². The predicted molar refractivity (Wildman–Crippen MR) is 103 cm³/mol. The highest BCUT2D eigenvalue weighted by Crippen LogP contribution is 2.67. The summed E-state index contributed by atoms with van der Waals surface area (Å²) in [6.07, 6.45) is 8.42. The number of ether oxygens (including phenoxy) is 1. The quantitative estimate of drug-likeness (QED) is 0.784. The van der Waals surface area contributed by atoms with E-state index in [1.54, 1.807) is 0 Å². The Morgan fingerprint density at radius 3 is 2.86 bits per heavy atom. The molecule has 1 amide bonds. The van der Waals surface area contributed by atoms with E-state index >= 15 is 0 Å². The van der Waals surface area contributed by atoms with E-state index in [0.717, 1.165) is 37.8 Å². The molecule has 2 bridgehead atoms. The predicted octanol–water partition coefficient (Wildman–Crippen LogP) is 3.52. The normalized spacial score (nSPS) is 31.6. The lowest BCUT2D eigenvalue weighted by atomic mass is 9.38. The van der Waals surface area contributed by atoms with Gasteiger partial charge in [0.2, 0.25) is 0 Å². The fourth-order valence-electron chi connectivity index (χ4n) is 4.99. The number of halogens is 2. The summed E-state index contributed by atoms with van der Waals surface area (Å²) in [6.45, 7) is -0.161. The van der Waals surface area contributed by atoms with Gasteiger partial charge in [-0.2, -0.15) is 5.26 Å². The number of nitrogens with one attached hydrogen (secondary N) is 1. The molecular weight excluding hydrogens is 395 g/mol. The third-order valence-corrected chi connectivity index (χ3v) is 6.86. The first-order chi connectivity index (χ1) is 13.9. The van der Waals surface area contributed by atoms with Crippen LogP contribution in [0.15, 0.2) is 30.7 Å². The van der Waals surface area contributed by atoms with Crippen LogP contribution in [-0.4, -0.2) is 27.6 Å². The van der Waals surface area contributed by atoms with Crippen LogP contribution >= 0.6 is 11.6 Å². The van der Waals surface area contributed by atoms with Crippen molar-refractivity contribution in [1.29, 1.82) is 5.26 Å². The van der Waals surface area contributed by atoms with E-state index in [9.17, 15) is 9.18 Å². The fourth-order valence-corrected chi connectivity index (χ4v) is 5.10. The van der Waals surface area contributed by atoms with Crippen LogP contribution in [0.25, 0.3) is 0 Å². The van der Waals surface area contributed by atoms with Crippen molar-refractivity contribution in [3.8, 4) is 11.8 Å². The van der Waals surface area contributed by atoms with Crippen LogP contribution in [0.1, 0.15) is 43.8 Å². The first kappa shape index (κ1) is 18.4. The van der Waals surface area contributed by atoms with Gasteiger partial charge in [-0.15, -0.1) is 0 Å². The molecule has 150 valence electrons. The maximum atomic E-state index is 13.4. The number of benzene rings is 1. The van der Waals surface area contributed by atoms with Crippen molar-refractivity contribution in [3.05, 3.63) is 47.3 Å². The summed E-state index contributed by atoms with van der Waals surface area (Å²) in [5, 5.41) is 12.0. The maximum absolute atomic E-state index is 13.4. The summed E-state index contributed by atoms with van der Waals surface area (Å²) in [5.41, 5.74) is 0.983. The SMILES string of the molecule is N#CC1CC(n2cnc(C34CC(NC(=O)COc5ccc(Cl)c(F)c5)(C3)C4)c2)C1. The monoisotopic (exact) mass is 414 g/mol. The summed E-state index contributed by atoms with van der Waals surface area (Å²) >= 11 is 5.64. The van der Waals surface area contributed by atoms with Gasteiger partial charge in [-0.3, -0.25) is 4.79 Å². The molecule has 4 fully saturated rings. The molecule has 0 aliphatic heterocycles. The number of imidazole rings is 1. The van der Waals surface area contributed by atoms with Gasteiger partial charge in [0.1, 0.15) is 11.6 Å². The molecule has 1 aromatic heterocycles. The van der Waals surface area contributed by atoms with E-state index in [1.165, 1.54) is 18.2 Å². The van der Waals surface area contributed by atoms with Gasteiger partial charge in [0, 0.05) is 29.3 Å². The first-order valence-electron chi connectivity index (χ1n) is 9.73. The van der Waals surface area contributed by atoms with Crippen molar-refractivity contribution < 1.29 is 13.9 Å². The molecule has 0 radical (unpaired) electrons. The molecule has 6 nitrogen and oxygen atoms in total. The lowest BCUT2D eigenvalue weighted by molar-refractivity contribution is -0.140. The minimum Gasteiger partial charge on any atom is -0.484 e. The molecule has 1 N–H and O–H groups in total. The smallest absolute Gasteiger partial charge is 0.258 e. The lowest BCUT2D eigenvalue weighted by Gasteiger charge is -2.69. The van der Waals surface area contributed by atoms with Gasteiger partial charge in [0.05, 0.1) is 29.0 Å². The van der Waals surface area contributed by atoms with E-state index in [0.29, 0.717) is 6.04 Å². The van der Waals surface area contributed by atoms with Gasteiger partial charge in [0.15, 0.2) is 6.61 Å². The third kappa shape index (κ3) is 3.06. The van der Waals surface area contributed by atoms with Crippen LogP contribution < -0.4 is 10.1 Å². The highest BCUT2D eigenvalue weighted by molar-refractivity contribution is 6.30. The van der Waals surface area contributed by atoms with Gasteiger partial charge >= 0.3 is 0 Å². The van der Waals surface area contributed by atoms with Crippen molar-refractivity contribution in [2.24, 2.45) is 5.92 Å². The molecule has 4 aliphatic rings. The highest BCUT2D eigenvalue weighted by Gasteiger charge is 2.70. The minimum absolute atomic E-state index is 0.0191. The largest absolute Gasteiger partial charge is 0.484 e. The minimum atomic E-state index is -0.574. The summed E-state index contributed by atoms with van der Waals surface area (Å²) in [7, 11) is 0. The van der Waals surface area contributed by atoms with E-state index < -0.39 is 5.82 Å². The molecule has 4 aliphatic carbocycles. The van der Waals surface area contributed by atoms with Crippen LogP contribution in [0.5, 0.6) is 5.75 Å². The Kier molecular flexibility index (Phi) is 4.11. The van der Waals surface area contributed by atoms with Crippen molar-refractivity contribution >= 4 is 17.5 Å². The van der Waals surface area contributed by atoms with Gasteiger partial charge in [-0.05, 0) is 44.2 Å². The Morgan fingerprint density at radius 1 is 1.41 bits per heavy atom. The molecule has 6 rings (SSSR count). The fraction of sp³-hybridized carbons (Fsp3) is 0.476. The second-order valence-electron chi connectivity index (χ2n) is 8.66. The van der Waals surface area contributed by atoms with E-state index in [-0.39, 0.29) is 40.2 Å². The van der Waals surface area contributed by atoms with Gasteiger partial charge < -0.3 is 14.6 Å². The first-order valence-corrected chi connectivity index (χ1v) is 10.1. The molecular formula is C21H20ClFN4O2. The maximum Gasteiger partial charge on any atom is 0.258 e. The molecule has 4 saturated carbocycles. The van der Waals surface area contributed by atoms with Crippen LogP contribution in [0.3, 0.4) is 0 Å². The van der Waals surface area contributed by atoms with E-state index in [4.69, 9.17) is 21.6 Å². The average Bonchev–Trinajstić information content (AvgIpc) is 3.06. The molecule has 1 heterocycles. The van der Waals surface area contributed by atoms with Crippen LogP contribution in [-0.2, 0) is 10.2 Å². The number of carbonyl (C=O) groups is 1. The molecule has 2 aromatic rings. The summed E-state index contributed by atoms with van der Waals surface area (Å²) in [4.78, 5) is 16.8. The standard InChI is InChI=1S/C21H20ClFN4O2/c22-16-2-1-15(5-17(16)23)29-8-19(28)26-21-9-20(10-21,11-21)18-7-27(12-25-18)14-3-13(4-14)6-24/h1-2,5,7,12-14H,3-4,8-11H2,(H,26,28). The van der Waals surface area contributed by atoms with Crippen molar-refractivity contribution in [3.63, 3.8) is 0 Å². The molecule has 0 unspecified atom stereocenters. The number of nitriles is 1. The van der Waals surface area contributed by atoms with Crippen molar-refractivity contribution in [1.82, 2.24) is 14.9 Å². The Labute approximate surface area is 172 Å². The van der Waals surface area contributed by atoms with Crippen LogP contribution in [0.4, 0.5) is 4.39 Å². The third-order valence-electron chi connectivity index (χ3n) is 6.56. The van der Waals surface area contributed by atoms with Gasteiger partial charge in [-0.25, -0.2) is 9.37 Å². The summed E-state index contributed by atoms with van der Waals surface area (Å²) in [6, 6.07) is 6.80.